The zero-order chi connectivity index (χ0) is 15.8. The van der Waals surface area contributed by atoms with Crippen LogP contribution in [0.25, 0.3) is 0 Å². The number of halogens is 1. The number of carbonyl (C=O) groups is 1. The number of hydrogen-bond acceptors (Lipinski definition) is 4. The summed E-state index contributed by atoms with van der Waals surface area (Å²) in [4.78, 5) is 16.5. The third-order valence-corrected chi connectivity index (χ3v) is 4.72. The summed E-state index contributed by atoms with van der Waals surface area (Å²) in [5.41, 5.74) is 2.81. The average molecular weight is 329 g/mol. The zero-order valence-corrected chi connectivity index (χ0v) is 13.4. The van der Waals surface area contributed by atoms with Gasteiger partial charge in [0, 0.05) is 42.5 Å². The number of hydrogen-bond donors (Lipinski definition) is 0. The predicted octanol–water partition coefficient (Wildman–Crippen LogP) is 3.33. The van der Waals surface area contributed by atoms with Crippen LogP contribution in [-0.4, -0.2) is 37.0 Å². The van der Waals surface area contributed by atoms with Crippen molar-refractivity contribution in [3.8, 4) is 0 Å². The van der Waals surface area contributed by atoms with E-state index in [9.17, 15) is 4.79 Å². The fourth-order valence-corrected chi connectivity index (χ4v) is 3.47. The van der Waals surface area contributed by atoms with Crippen molar-refractivity contribution >= 4 is 23.3 Å². The Morgan fingerprint density at radius 1 is 1.00 bits per heavy atom. The van der Waals surface area contributed by atoms with Crippen LogP contribution in [0.2, 0.25) is 5.02 Å². The van der Waals surface area contributed by atoms with Gasteiger partial charge in [-0.1, -0.05) is 35.9 Å². The third kappa shape index (κ3) is 2.69. The highest BCUT2D eigenvalue weighted by Crippen LogP contribution is 2.34. The number of piperazine rings is 1. The van der Waals surface area contributed by atoms with E-state index in [4.69, 9.17) is 16.3 Å². The van der Waals surface area contributed by atoms with Crippen LogP contribution < -0.4 is 4.90 Å². The van der Waals surface area contributed by atoms with Gasteiger partial charge in [0.2, 0.25) is 0 Å². The van der Waals surface area contributed by atoms with E-state index < -0.39 is 0 Å². The minimum Gasteiger partial charge on any atom is -0.438 e. The lowest BCUT2D eigenvalue weighted by molar-refractivity contribution is -0.0250. The SMILES string of the molecule is O=C1OC(N2CCN(c3cccc(Cl)c3)CC2)c2ccccc21. The predicted molar refractivity (Wildman–Crippen MR) is 89.8 cm³/mol. The average Bonchev–Trinajstić information content (AvgIpc) is 2.93. The Morgan fingerprint density at radius 2 is 1.78 bits per heavy atom. The molecule has 2 aromatic rings. The Balaban J connectivity index is 1.47. The van der Waals surface area contributed by atoms with Crippen molar-refractivity contribution in [2.75, 3.05) is 31.1 Å². The molecule has 1 saturated heterocycles. The normalized spacial score (nSPS) is 21.2. The molecule has 1 fully saturated rings. The molecule has 0 spiro atoms. The van der Waals surface area contributed by atoms with Crippen LogP contribution in [0, 0.1) is 0 Å². The van der Waals surface area contributed by atoms with Crippen molar-refractivity contribution in [1.82, 2.24) is 4.90 Å². The summed E-state index contributed by atoms with van der Waals surface area (Å²) in [6.45, 7) is 3.46. The van der Waals surface area contributed by atoms with Gasteiger partial charge in [0.25, 0.3) is 0 Å². The Labute approximate surface area is 140 Å². The van der Waals surface area contributed by atoms with E-state index in [1.807, 2.05) is 42.5 Å². The number of esters is 1. The molecule has 5 heteroatoms. The van der Waals surface area contributed by atoms with Crippen LogP contribution in [0.5, 0.6) is 0 Å². The van der Waals surface area contributed by atoms with Gasteiger partial charge >= 0.3 is 5.97 Å². The topological polar surface area (TPSA) is 32.8 Å². The maximum atomic E-state index is 12.0. The van der Waals surface area contributed by atoms with Crippen molar-refractivity contribution < 1.29 is 9.53 Å². The molecule has 2 aromatic carbocycles. The highest BCUT2D eigenvalue weighted by atomic mass is 35.5. The van der Waals surface area contributed by atoms with Gasteiger partial charge in [-0.15, -0.1) is 0 Å². The zero-order valence-electron chi connectivity index (χ0n) is 12.6. The van der Waals surface area contributed by atoms with E-state index in [-0.39, 0.29) is 12.2 Å². The molecule has 0 aromatic heterocycles. The van der Waals surface area contributed by atoms with E-state index >= 15 is 0 Å². The van der Waals surface area contributed by atoms with Crippen LogP contribution in [0.4, 0.5) is 5.69 Å². The molecule has 2 aliphatic rings. The molecule has 0 N–H and O–H groups in total. The smallest absolute Gasteiger partial charge is 0.340 e. The van der Waals surface area contributed by atoms with Gasteiger partial charge in [-0.3, -0.25) is 4.90 Å². The number of anilines is 1. The molecule has 0 bridgehead atoms. The summed E-state index contributed by atoms with van der Waals surface area (Å²) in [6, 6.07) is 15.6. The first-order chi connectivity index (χ1) is 11.2. The lowest BCUT2D eigenvalue weighted by Crippen LogP contribution is -2.47. The number of fused-ring (bicyclic) bond motifs is 1. The van der Waals surface area contributed by atoms with Gasteiger partial charge in [-0.05, 0) is 24.3 Å². The van der Waals surface area contributed by atoms with E-state index in [1.165, 1.54) is 0 Å². The number of nitrogens with zero attached hydrogens (tertiary/aromatic N) is 2. The molecule has 2 aliphatic heterocycles. The van der Waals surface area contributed by atoms with Crippen molar-refractivity contribution in [2.45, 2.75) is 6.23 Å². The number of cyclic esters (lactones) is 1. The van der Waals surface area contributed by atoms with Crippen molar-refractivity contribution in [2.24, 2.45) is 0 Å². The number of carbonyl (C=O) groups excluding carboxylic acids is 1. The van der Waals surface area contributed by atoms with Crippen molar-refractivity contribution in [3.63, 3.8) is 0 Å². The summed E-state index contributed by atoms with van der Waals surface area (Å²) in [6.07, 6.45) is -0.250. The van der Waals surface area contributed by atoms with Gasteiger partial charge in [-0.2, -0.15) is 0 Å². The van der Waals surface area contributed by atoms with E-state index in [1.54, 1.807) is 0 Å². The maximum Gasteiger partial charge on any atom is 0.340 e. The minimum absolute atomic E-state index is 0.220. The fraction of sp³-hybridized carbons (Fsp3) is 0.278. The van der Waals surface area contributed by atoms with Crippen LogP contribution in [0.3, 0.4) is 0 Å². The largest absolute Gasteiger partial charge is 0.438 e. The molecule has 0 aliphatic carbocycles. The molecule has 4 nitrogen and oxygen atoms in total. The molecule has 1 unspecified atom stereocenters. The summed E-state index contributed by atoms with van der Waals surface area (Å²) >= 11 is 6.07. The summed E-state index contributed by atoms with van der Waals surface area (Å²) in [5, 5.41) is 0.753. The summed E-state index contributed by atoms with van der Waals surface area (Å²) in [5.74, 6) is -0.220. The van der Waals surface area contributed by atoms with E-state index in [0.29, 0.717) is 5.56 Å². The first kappa shape index (κ1) is 14.5. The summed E-state index contributed by atoms with van der Waals surface area (Å²) in [7, 11) is 0. The monoisotopic (exact) mass is 328 g/mol. The molecular weight excluding hydrogens is 312 g/mol. The Kier molecular flexibility index (Phi) is 3.71. The van der Waals surface area contributed by atoms with Crippen LogP contribution in [0.1, 0.15) is 22.1 Å². The number of rotatable bonds is 2. The molecule has 4 rings (SSSR count). The second kappa shape index (κ2) is 5.87. The van der Waals surface area contributed by atoms with Crippen molar-refractivity contribution in [1.29, 1.82) is 0 Å². The van der Waals surface area contributed by atoms with Gasteiger partial charge in [0.15, 0.2) is 6.23 Å². The maximum absolute atomic E-state index is 12.0. The quantitative estimate of drug-likeness (QED) is 0.792. The summed E-state index contributed by atoms with van der Waals surface area (Å²) < 4.78 is 5.58. The molecule has 0 amide bonds. The van der Waals surface area contributed by atoms with Crippen LogP contribution in [0.15, 0.2) is 48.5 Å². The second-order valence-electron chi connectivity index (χ2n) is 5.85. The number of ether oxygens (including phenoxy) is 1. The molecule has 2 heterocycles. The Morgan fingerprint density at radius 3 is 2.57 bits per heavy atom. The molecular formula is C18H17ClN2O2. The van der Waals surface area contributed by atoms with Gasteiger partial charge in [0.05, 0.1) is 5.56 Å². The van der Waals surface area contributed by atoms with Gasteiger partial charge in [-0.25, -0.2) is 4.79 Å². The van der Waals surface area contributed by atoms with E-state index in [2.05, 4.69) is 15.9 Å². The molecule has 1 atom stereocenters. The lowest BCUT2D eigenvalue weighted by Gasteiger charge is -2.38. The van der Waals surface area contributed by atoms with Crippen molar-refractivity contribution in [3.05, 3.63) is 64.7 Å². The second-order valence-corrected chi connectivity index (χ2v) is 6.28. The molecule has 23 heavy (non-hydrogen) atoms. The van der Waals surface area contributed by atoms with Crippen LogP contribution in [-0.2, 0) is 4.74 Å². The first-order valence-electron chi connectivity index (χ1n) is 7.77. The molecule has 0 saturated carbocycles. The number of benzene rings is 2. The van der Waals surface area contributed by atoms with Gasteiger partial charge < -0.3 is 9.64 Å². The van der Waals surface area contributed by atoms with Gasteiger partial charge in [0.1, 0.15) is 0 Å². The standard InChI is InChI=1S/C18H17ClN2O2/c19-13-4-3-5-14(12-13)20-8-10-21(11-9-20)17-15-6-1-2-7-16(15)18(22)23-17/h1-7,12,17H,8-11H2. The highest BCUT2D eigenvalue weighted by Gasteiger charge is 2.36. The van der Waals surface area contributed by atoms with E-state index in [0.717, 1.165) is 42.5 Å². The third-order valence-electron chi connectivity index (χ3n) is 4.48. The van der Waals surface area contributed by atoms with Crippen LogP contribution >= 0.6 is 11.6 Å². The Hall–Kier alpha value is -2.04. The lowest BCUT2D eigenvalue weighted by atomic mass is 10.1. The Bertz CT molecular complexity index is 741. The fourth-order valence-electron chi connectivity index (χ4n) is 3.29. The minimum atomic E-state index is -0.250. The molecule has 118 valence electrons. The molecule has 0 radical (unpaired) electrons. The highest BCUT2D eigenvalue weighted by molar-refractivity contribution is 6.30. The first-order valence-corrected chi connectivity index (χ1v) is 8.15.